The van der Waals surface area contributed by atoms with Crippen LogP contribution in [-0.4, -0.2) is 30.8 Å². The van der Waals surface area contributed by atoms with Crippen LogP contribution in [0.15, 0.2) is 24.3 Å². The molecule has 0 bridgehead atoms. The largest absolute Gasteiger partial charge is 0.508 e. The number of hydrogen-bond acceptors (Lipinski definition) is 4. The van der Waals surface area contributed by atoms with Crippen LogP contribution in [0.5, 0.6) is 5.75 Å². The summed E-state index contributed by atoms with van der Waals surface area (Å²) >= 11 is 0. The van der Waals surface area contributed by atoms with E-state index in [4.69, 9.17) is 10.5 Å². The fourth-order valence-corrected chi connectivity index (χ4v) is 2.13. The van der Waals surface area contributed by atoms with Gasteiger partial charge in [-0.2, -0.15) is 0 Å². The predicted octanol–water partition coefficient (Wildman–Crippen LogP) is 1.09. The van der Waals surface area contributed by atoms with Gasteiger partial charge in [-0.25, -0.2) is 0 Å². The van der Waals surface area contributed by atoms with Crippen molar-refractivity contribution in [3.05, 3.63) is 24.3 Å². The highest BCUT2D eigenvalue weighted by Gasteiger charge is 2.38. The average Bonchev–Trinajstić information content (AvgIpc) is 2.39. The number of amides is 1. The maximum atomic E-state index is 12.3. The van der Waals surface area contributed by atoms with Crippen molar-refractivity contribution >= 4 is 11.6 Å². The second kappa shape index (κ2) is 5.37. The third-order valence-corrected chi connectivity index (χ3v) is 3.43. The van der Waals surface area contributed by atoms with Gasteiger partial charge in [-0.1, -0.05) is 6.07 Å². The minimum Gasteiger partial charge on any atom is -0.508 e. The Kier molecular flexibility index (Phi) is 3.84. The van der Waals surface area contributed by atoms with Gasteiger partial charge >= 0.3 is 0 Å². The second-order valence-electron chi connectivity index (χ2n) is 4.60. The van der Waals surface area contributed by atoms with Crippen LogP contribution in [0.4, 0.5) is 5.69 Å². The van der Waals surface area contributed by atoms with Gasteiger partial charge in [-0.15, -0.1) is 0 Å². The summed E-state index contributed by atoms with van der Waals surface area (Å²) in [5, 5.41) is 12.2. The third kappa shape index (κ3) is 2.63. The lowest BCUT2D eigenvalue weighted by Gasteiger charge is -2.34. The van der Waals surface area contributed by atoms with Crippen molar-refractivity contribution in [2.24, 2.45) is 11.1 Å². The van der Waals surface area contributed by atoms with Gasteiger partial charge in [0.15, 0.2) is 0 Å². The Bertz CT molecular complexity index is 428. The molecule has 0 aliphatic carbocycles. The zero-order valence-electron chi connectivity index (χ0n) is 10.2. The Morgan fingerprint density at radius 3 is 2.78 bits per heavy atom. The molecule has 1 aliphatic rings. The molecule has 2 rings (SSSR count). The van der Waals surface area contributed by atoms with Crippen LogP contribution in [0.2, 0.25) is 0 Å². The van der Waals surface area contributed by atoms with Gasteiger partial charge in [0.25, 0.3) is 0 Å². The number of phenols is 1. The molecule has 4 N–H and O–H groups in total. The minimum atomic E-state index is -0.552. The molecule has 1 saturated heterocycles. The standard InChI is InChI=1S/C13H18N2O3/c14-9-13(4-6-18-7-5-13)12(17)15-10-2-1-3-11(16)8-10/h1-3,8,16H,4-7,9,14H2,(H,15,17). The summed E-state index contributed by atoms with van der Waals surface area (Å²) < 4.78 is 5.27. The first kappa shape index (κ1) is 12.9. The second-order valence-corrected chi connectivity index (χ2v) is 4.60. The average molecular weight is 250 g/mol. The van der Waals surface area contributed by atoms with Gasteiger partial charge in [0.1, 0.15) is 5.75 Å². The van der Waals surface area contributed by atoms with Crippen LogP contribution >= 0.6 is 0 Å². The van der Waals surface area contributed by atoms with Gasteiger partial charge in [0, 0.05) is 31.5 Å². The number of carbonyl (C=O) groups excluding carboxylic acids is 1. The van der Waals surface area contributed by atoms with E-state index in [1.165, 1.54) is 6.07 Å². The number of ether oxygens (including phenoxy) is 1. The molecule has 1 fully saturated rings. The topological polar surface area (TPSA) is 84.6 Å². The summed E-state index contributed by atoms with van der Waals surface area (Å²) in [5.74, 6) is 0.0282. The van der Waals surface area contributed by atoms with E-state index in [2.05, 4.69) is 5.32 Å². The summed E-state index contributed by atoms with van der Waals surface area (Å²) in [7, 11) is 0. The number of hydrogen-bond donors (Lipinski definition) is 3. The smallest absolute Gasteiger partial charge is 0.232 e. The van der Waals surface area contributed by atoms with Crippen molar-refractivity contribution in [2.75, 3.05) is 25.1 Å². The van der Waals surface area contributed by atoms with E-state index in [1.54, 1.807) is 18.2 Å². The summed E-state index contributed by atoms with van der Waals surface area (Å²) in [5.41, 5.74) is 5.79. The van der Waals surface area contributed by atoms with Crippen LogP contribution in [0.3, 0.4) is 0 Å². The van der Waals surface area contributed by atoms with Gasteiger partial charge < -0.3 is 20.9 Å². The lowest BCUT2D eigenvalue weighted by molar-refractivity contribution is -0.130. The van der Waals surface area contributed by atoms with Crippen LogP contribution in [-0.2, 0) is 9.53 Å². The molecule has 0 spiro atoms. The van der Waals surface area contributed by atoms with E-state index in [9.17, 15) is 9.90 Å². The Balaban J connectivity index is 2.10. The number of anilines is 1. The van der Waals surface area contributed by atoms with E-state index >= 15 is 0 Å². The van der Waals surface area contributed by atoms with Crippen molar-refractivity contribution in [1.82, 2.24) is 0 Å². The number of nitrogens with one attached hydrogen (secondary N) is 1. The van der Waals surface area contributed by atoms with E-state index in [-0.39, 0.29) is 11.7 Å². The Labute approximate surface area is 106 Å². The van der Waals surface area contributed by atoms with Crippen molar-refractivity contribution in [1.29, 1.82) is 0 Å². The molecule has 0 unspecified atom stereocenters. The molecule has 18 heavy (non-hydrogen) atoms. The predicted molar refractivity (Wildman–Crippen MR) is 68.3 cm³/mol. The highest BCUT2D eigenvalue weighted by molar-refractivity contribution is 5.95. The van der Waals surface area contributed by atoms with Crippen molar-refractivity contribution in [3.63, 3.8) is 0 Å². The molecular formula is C13H18N2O3. The molecular weight excluding hydrogens is 232 g/mol. The number of carbonyl (C=O) groups is 1. The molecule has 1 amide bonds. The molecule has 1 aromatic rings. The van der Waals surface area contributed by atoms with Crippen molar-refractivity contribution in [2.45, 2.75) is 12.8 Å². The summed E-state index contributed by atoms with van der Waals surface area (Å²) in [6.45, 7) is 1.43. The number of aromatic hydroxyl groups is 1. The minimum absolute atomic E-state index is 0.0982. The highest BCUT2D eigenvalue weighted by Crippen LogP contribution is 2.31. The monoisotopic (exact) mass is 250 g/mol. The van der Waals surface area contributed by atoms with Gasteiger partial charge in [0.05, 0.1) is 5.41 Å². The normalized spacial score (nSPS) is 18.3. The van der Waals surface area contributed by atoms with Crippen LogP contribution < -0.4 is 11.1 Å². The summed E-state index contributed by atoms with van der Waals surface area (Å²) in [6.07, 6.45) is 1.27. The van der Waals surface area contributed by atoms with Crippen molar-refractivity contribution < 1.29 is 14.6 Å². The number of rotatable bonds is 3. The summed E-state index contributed by atoms with van der Waals surface area (Å²) in [6, 6.07) is 6.50. The van der Waals surface area contributed by atoms with Crippen molar-refractivity contribution in [3.8, 4) is 5.75 Å². The van der Waals surface area contributed by atoms with Gasteiger partial charge in [0.2, 0.25) is 5.91 Å². The van der Waals surface area contributed by atoms with E-state index in [0.29, 0.717) is 38.3 Å². The molecule has 1 aliphatic heterocycles. The number of benzene rings is 1. The molecule has 0 aromatic heterocycles. The van der Waals surface area contributed by atoms with Gasteiger partial charge in [-0.3, -0.25) is 4.79 Å². The molecule has 1 heterocycles. The van der Waals surface area contributed by atoms with E-state index < -0.39 is 5.41 Å². The zero-order chi connectivity index (χ0) is 13.0. The molecule has 5 nitrogen and oxygen atoms in total. The fraction of sp³-hybridized carbons (Fsp3) is 0.462. The Morgan fingerprint density at radius 2 is 2.17 bits per heavy atom. The van der Waals surface area contributed by atoms with Gasteiger partial charge in [-0.05, 0) is 25.0 Å². The SMILES string of the molecule is NCC1(C(=O)Nc2cccc(O)c2)CCOCC1. The number of nitrogens with two attached hydrogens (primary N) is 1. The molecule has 98 valence electrons. The van der Waals surface area contributed by atoms with E-state index in [1.807, 2.05) is 0 Å². The molecule has 0 radical (unpaired) electrons. The molecule has 1 aromatic carbocycles. The summed E-state index contributed by atoms with van der Waals surface area (Å²) in [4.78, 5) is 12.3. The Hall–Kier alpha value is -1.59. The Morgan fingerprint density at radius 1 is 1.44 bits per heavy atom. The lowest BCUT2D eigenvalue weighted by atomic mass is 9.79. The van der Waals surface area contributed by atoms with E-state index in [0.717, 1.165) is 0 Å². The van der Waals surface area contributed by atoms with Crippen LogP contribution in [0.25, 0.3) is 0 Å². The quantitative estimate of drug-likeness (QED) is 0.749. The van der Waals surface area contributed by atoms with Crippen LogP contribution in [0, 0.1) is 5.41 Å². The zero-order valence-corrected chi connectivity index (χ0v) is 10.2. The molecule has 5 heteroatoms. The first-order valence-corrected chi connectivity index (χ1v) is 6.05. The lowest BCUT2D eigenvalue weighted by Crippen LogP contribution is -2.46. The fourth-order valence-electron chi connectivity index (χ4n) is 2.13. The maximum absolute atomic E-state index is 12.3. The molecule has 0 saturated carbocycles. The van der Waals surface area contributed by atoms with Crippen LogP contribution in [0.1, 0.15) is 12.8 Å². The third-order valence-electron chi connectivity index (χ3n) is 3.43. The number of phenolic OH excluding ortho intramolecular Hbond substituents is 1. The molecule has 0 atom stereocenters. The highest BCUT2D eigenvalue weighted by atomic mass is 16.5. The maximum Gasteiger partial charge on any atom is 0.232 e. The first-order chi connectivity index (χ1) is 8.66. The first-order valence-electron chi connectivity index (χ1n) is 6.05.